The van der Waals surface area contributed by atoms with Crippen LogP contribution < -0.4 is 0 Å². The van der Waals surface area contributed by atoms with Gasteiger partial charge in [-0.1, -0.05) is 38.8 Å². The number of allylic oxidation sites excluding steroid dienone is 2. The van der Waals surface area contributed by atoms with Gasteiger partial charge in [0.05, 0.1) is 0 Å². The second-order valence-corrected chi connectivity index (χ2v) is 4.33. The summed E-state index contributed by atoms with van der Waals surface area (Å²) in [5.41, 5.74) is 1.73. The number of hydrogen-bond donors (Lipinski definition) is 0. The van der Waals surface area contributed by atoms with Gasteiger partial charge in [-0.3, -0.25) is 0 Å². The molecule has 1 rings (SSSR count). The lowest BCUT2D eigenvalue weighted by Crippen LogP contribution is -2.02. The molecule has 0 aliphatic heterocycles. The van der Waals surface area contributed by atoms with E-state index in [0.29, 0.717) is 0 Å². The van der Waals surface area contributed by atoms with Crippen molar-refractivity contribution < 1.29 is 0 Å². The Morgan fingerprint density at radius 3 is 2.46 bits per heavy atom. The molecule has 1 aliphatic rings. The molecule has 0 heteroatoms. The first kappa shape index (κ1) is 10.8. The van der Waals surface area contributed by atoms with Crippen LogP contribution in [-0.2, 0) is 0 Å². The lowest BCUT2D eigenvalue weighted by Gasteiger charge is -2.16. The molecular formula is C13H24. The van der Waals surface area contributed by atoms with Crippen LogP contribution in [0.1, 0.15) is 59.3 Å². The fraction of sp³-hybridized carbons (Fsp3) is 0.846. The average molecular weight is 180 g/mol. The van der Waals surface area contributed by atoms with Gasteiger partial charge in [-0.05, 0) is 43.9 Å². The molecule has 0 aromatic rings. The summed E-state index contributed by atoms with van der Waals surface area (Å²) in [6.07, 6.45) is 10.8. The first-order valence-corrected chi connectivity index (χ1v) is 6.00. The van der Waals surface area contributed by atoms with Crippen molar-refractivity contribution in [2.45, 2.75) is 59.3 Å². The maximum absolute atomic E-state index is 2.54. The van der Waals surface area contributed by atoms with Gasteiger partial charge in [0, 0.05) is 0 Å². The van der Waals surface area contributed by atoms with E-state index in [4.69, 9.17) is 0 Å². The molecule has 0 amide bonds. The molecular weight excluding hydrogens is 156 g/mol. The molecule has 0 bridgehead atoms. The highest BCUT2D eigenvalue weighted by Crippen LogP contribution is 2.32. The van der Waals surface area contributed by atoms with E-state index in [2.05, 4.69) is 26.8 Å². The normalized spacial score (nSPS) is 29.6. The first-order chi connectivity index (χ1) is 6.31. The van der Waals surface area contributed by atoms with Crippen LogP contribution in [-0.4, -0.2) is 0 Å². The van der Waals surface area contributed by atoms with Crippen molar-refractivity contribution in [1.82, 2.24) is 0 Å². The van der Waals surface area contributed by atoms with E-state index >= 15 is 0 Å². The molecule has 0 aromatic heterocycles. The van der Waals surface area contributed by atoms with E-state index in [9.17, 15) is 0 Å². The van der Waals surface area contributed by atoms with Crippen LogP contribution in [0.15, 0.2) is 11.6 Å². The molecule has 0 radical (unpaired) electrons. The second kappa shape index (κ2) is 5.47. The molecule has 0 saturated carbocycles. The van der Waals surface area contributed by atoms with Gasteiger partial charge in [0.1, 0.15) is 0 Å². The van der Waals surface area contributed by atoms with Crippen LogP contribution >= 0.6 is 0 Å². The van der Waals surface area contributed by atoms with Crippen LogP contribution in [0.2, 0.25) is 0 Å². The summed E-state index contributed by atoms with van der Waals surface area (Å²) in [4.78, 5) is 0. The van der Waals surface area contributed by atoms with Crippen molar-refractivity contribution in [2.24, 2.45) is 11.8 Å². The van der Waals surface area contributed by atoms with E-state index in [0.717, 1.165) is 11.8 Å². The lowest BCUT2D eigenvalue weighted by molar-refractivity contribution is 0.423. The molecule has 0 heterocycles. The summed E-state index contributed by atoms with van der Waals surface area (Å²) in [5.74, 6) is 1.87. The minimum Gasteiger partial charge on any atom is -0.0848 e. The van der Waals surface area contributed by atoms with Crippen molar-refractivity contribution in [3.63, 3.8) is 0 Å². The van der Waals surface area contributed by atoms with Gasteiger partial charge in [-0.25, -0.2) is 0 Å². The Morgan fingerprint density at radius 1 is 1.15 bits per heavy atom. The summed E-state index contributed by atoms with van der Waals surface area (Å²) in [6, 6.07) is 0. The number of rotatable bonds is 3. The third kappa shape index (κ3) is 2.86. The molecule has 2 atom stereocenters. The summed E-state index contributed by atoms with van der Waals surface area (Å²) in [5, 5.41) is 0. The molecule has 13 heavy (non-hydrogen) atoms. The van der Waals surface area contributed by atoms with Gasteiger partial charge in [-0.2, -0.15) is 0 Å². The molecule has 0 nitrogen and oxygen atoms in total. The highest BCUT2D eigenvalue weighted by Gasteiger charge is 2.17. The summed E-state index contributed by atoms with van der Waals surface area (Å²) in [7, 11) is 0. The molecule has 2 unspecified atom stereocenters. The van der Waals surface area contributed by atoms with Gasteiger partial charge >= 0.3 is 0 Å². The molecule has 0 aromatic carbocycles. The van der Waals surface area contributed by atoms with Gasteiger partial charge in [0.25, 0.3) is 0 Å². The first-order valence-electron chi connectivity index (χ1n) is 6.00. The maximum atomic E-state index is 2.54. The van der Waals surface area contributed by atoms with E-state index < -0.39 is 0 Å². The molecule has 76 valence electrons. The van der Waals surface area contributed by atoms with Gasteiger partial charge < -0.3 is 0 Å². The van der Waals surface area contributed by atoms with Crippen LogP contribution in [0.25, 0.3) is 0 Å². The zero-order chi connectivity index (χ0) is 9.68. The Morgan fingerprint density at radius 2 is 1.92 bits per heavy atom. The Balaban J connectivity index is 2.60. The van der Waals surface area contributed by atoms with Crippen LogP contribution in [0, 0.1) is 11.8 Å². The predicted molar refractivity (Wildman–Crippen MR) is 59.8 cm³/mol. The Bertz CT molecular complexity index is 167. The Kier molecular flexibility index (Phi) is 4.55. The fourth-order valence-electron chi connectivity index (χ4n) is 2.49. The fourth-order valence-corrected chi connectivity index (χ4v) is 2.49. The average Bonchev–Trinajstić information content (AvgIpc) is 2.38. The van der Waals surface area contributed by atoms with Gasteiger partial charge in [0.15, 0.2) is 0 Å². The zero-order valence-corrected chi connectivity index (χ0v) is 9.47. The smallest absolute Gasteiger partial charge is 0.0206 e. The van der Waals surface area contributed by atoms with Crippen LogP contribution in [0.3, 0.4) is 0 Å². The Labute approximate surface area is 83.4 Å². The van der Waals surface area contributed by atoms with Crippen molar-refractivity contribution in [3.05, 3.63) is 11.6 Å². The highest BCUT2D eigenvalue weighted by atomic mass is 14.2. The van der Waals surface area contributed by atoms with E-state index in [1.807, 2.05) is 0 Å². The lowest BCUT2D eigenvalue weighted by atomic mass is 9.90. The van der Waals surface area contributed by atoms with E-state index in [1.165, 1.54) is 38.5 Å². The van der Waals surface area contributed by atoms with Crippen molar-refractivity contribution in [1.29, 1.82) is 0 Å². The van der Waals surface area contributed by atoms with Crippen molar-refractivity contribution >= 4 is 0 Å². The maximum Gasteiger partial charge on any atom is -0.0206 e. The number of hydrogen-bond acceptors (Lipinski definition) is 0. The third-order valence-corrected chi connectivity index (χ3v) is 3.64. The molecule has 1 aliphatic carbocycles. The van der Waals surface area contributed by atoms with Gasteiger partial charge in [0.2, 0.25) is 0 Å². The molecule has 0 fully saturated rings. The SMILES string of the molecule is CCC1=CCC(CC)CCC1CC. The standard InChI is InChI=1S/C13H24/c1-4-11-7-9-12(5-2)13(6-3)10-8-11/h9,11,13H,4-8,10H2,1-3H3. The summed E-state index contributed by atoms with van der Waals surface area (Å²) in [6.45, 7) is 6.97. The van der Waals surface area contributed by atoms with Gasteiger partial charge in [-0.15, -0.1) is 0 Å². The minimum atomic E-state index is 0.904. The summed E-state index contributed by atoms with van der Waals surface area (Å²) < 4.78 is 0. The van der Waals surface area contributed by atoms with Crippen LogP contribution in [0.5, 0.6) is 0 Å². The Hall–Kier alpha value is -0.260. The second-order valence-electron chi connectivity index (χ2n) is 4.33. The predicted octanol–water partition coefficient (Wildman–Crippen LogP) is 4.56. The topological polar surface area (TPSA) is 0 Å². The monoisotopic (exact) mass is 180 g/mol. The summed E-state index contributed by atoms with van der Waals surface area (Å²) >= 11 is 0. The van der Waals surface area contributed by atoms with Crippen molar-refractivity contribution in [2.75, 3.05) is 0 Å². The molecule has 0 saturated heterocycles. The molecule has 0 spiro atoms. The minimum absolute atomic E-state index is 0.904. The van der Waals surface area contributed by atoms with Crippen LogP contribution in [0.4, 0.5) is 0 Å². The third-order valence-electron chi connectivity index (χ3n) is 3.64. The highest BCUT2D eigenvalue weighted by molar-refractivity contribution is 5.08. The quantitative estimate of drug-likeness (QED) is 0.558. The van der Waals surface area contributed by atoms with E-state index in [1.54, 1.807) is 5.57 Å². The van der Waals surface area contributed by atoms with Crippen molar-refractivity contribution in [3.8, 4) is 0 Å². The molecule has 0 N–H and O–H groups in total. The largest absolute Gasteiger partial charge is 0.0848 e. The zero-order valence-electron chi connectivity index (χ0n) is 9.47. The van der Waals surface area contributed by atoms with E-state index in [-0.39, 0.29) is 0 Å².